The molecule has 0 aliphatic carbocycles. The molecule has 37 heavy (non-hydrogen) atoms. The van der Waals surface area contributed by atoms with E-state index in [0.717, 1.165) is 16.7 Å². The minimum atomic E-state index is -0.855. The van der Waals surface area contributed by atoms with E-state index in [2.05, 4.69) is 10.0 Å². The number of nitrogens with zero attached hydrogens (tertiary/aromatic N) is 5. The molecule has 4 atom stereocenters. The van der Waals surface area contributed by atoms with E-state index in [1.807, 2.05) is 24.3 Å². The second-order valence-corrected chi connectivity index (χ2v) is 10.4. The van der Waals surface area contributed by atoms with Crippen LogP contribution in [0.3, 0.4) is 0 Å². The normalized spacial score (nSPS) is 23.4. The van der Waals surface area contributed by atoms with Crippen molar-refractivity contribution in [1.29, 1.82) is 0 Å². The number of carbonyl (C=O) groups is 2. The molecule has 196 valence electrons. The van der Waals surface area contributed by atoms with Crippen LogP contribution in [0.2, 0.25) is 0 Å². The smallest absolute Gasteiger partial charge is 0.410 e. The number of azide groups is 1. The van der Waals surface area contributed by atoms with Crippen molar-refractivity contribution in [3.63, 3.8) is 0 Å². The van der Waals surface area contributed by atoms with E-state index in [4.69, 9.17) is 9.47 Å². The third-order valence-electron chi connectivity index (χ3n) is 6.77. The van der Waals surface area contributed by atoms with Crippen molar-refractivity contribution in [3.8, 4) is 0 Å². The van der Waals surface area contributed by atoms with Gasteiger partial charge in [-0.1, -0.05) is 41.5 Å². The number of ether oxygens (including phenoxy) is 2. The molecule has 0 unspecified atom stereocenters. The first-order valence-electron chi connectivity index (χ1n) is 12.3. The van der Waals surface area contributed by atoms with Crippen LogP contribution in [-0.4, -0.2) is 65.8 Å². The highest BCUT2D eigenvalue weighted by atomic mass is 19.1. The molecule has 2 aliphatic rings. The monoisotopic (exact) mass is 509 g/mol. The van der Waals surface area contributed by atoms with Gasteiger partial charge in [0.05, 0.1) is 24.7 Å². The summed E-state index contributed by atoms with van der Waals surface area (Å²) in [7, 11) is 1.57. The van der Waals surface area contributed by atoms with Crippen LogP contribution in [-0.2, 0) is 20.7 Å². The zero-order valence-corrected chi connectivity index (χ0v) is 21.5. The van der Waals surface area contributed by atoms with E-state index in [9.17, 15) is 19.5 Å². The lowest BCUT2D eigenvalue weighted by molar-refractivity contribution is -0.152. The van der Waals surface area contributed by atoms with Crippen LogP contribution in [0.1, 0.15) is 49.9 Å². The standard InChI is InChI=1S/C27H32FN5O4/c1-27(2,3)37-26(35)32(4)22-16-36-23(15-21(22)30-31-29)25(34)33-14-13-17-7-5-6-8-20(17)24(33)18-9-11-19(28)12-10-18/h5-12,21-24H,13-16H2,1-4H3/t21-,22-,23+,24-/m0/s1. The summed E-state index contributed by atoms with van der Waals surface area (Å²) in [5.41, 5.74) is 11.4. The summed E-state index contributed by atoms with van der Waals surface area (Å²) in [5, 5.41) is 3.90. The van der Waals surface area contributed by atoms with E-state index in [0.29, 0.717) is 13.0 Å². The quantitative estimate of drug-likeness (QED) is 0.328. The lowest BCUT2D eigenvalue weighted by atomic mass is 9.87. The van der Waals surface area contributed by atoms with Crippen molar-refractivity contribution in [1.82, 2.24) is 9.80 Å². The Bertz CT molecular complexity index is 1190. The zero-order chi connectivity index (χ0) is 26.7. The largest absolute Gasteiger partial charge is 0.444 e. The number of fused-ring (bicyclic) bond motifs is 1. The average Bonchev–Trinajstić information content (AvgIpc) is 2.87. The van der Waals surface area contributed by atoms with E-state index in [1.54, 1.807) is 44.9 Å². The highest BCUT2D eigenvalue weighted by molar-refractivity contribution is 5.82. The summed E-state index contributed by atoms with van der Waals surface area (Å²) < 4.78 is 25.1. The molecular weight excluding hydrogens is 477 g/mol. The van der Waals surface area contributed by atoms with Crippen molar-refractivity contribution < 1.29 is 23.5 Å². The van der Waals surface area contributed by atoms with Crippen LogP contribution < -0.4 is 0 Å². The number of rotatable bonds is 4. The third kappa shape index (κ3) is 5.87. The van der Waals surface area contributed by atoms with Gasteiger partial charge in [-0.2, -0.15) is 0 Å². The van der Waals surface area contributed by atoms with E-state index < -0.39 is 35.9 Å². The maximum atomic E-state index is 13.8. The van der Waals surface area contributed by atoms with E-state index in [-0.39, 0.29) is 24.8 Å². The minimum Gasteiger partial charge on any atom is -0.444 e. The molecule has 1 fully saturated rings. The molecule has 2 amide bonds. The molecule has 0 radical (unpaired) electrons. The Balaban J connectivity index is 1.57. The fraction of sp³-hybridized carbons (Fsp3) is 0.481. The zero-order valence-electron chi connectivity index (χ0n) is 21.5. The maximum Gasteiger partial charge on any atom is 0.410 e. The fourth-order valence-corrected chi connectivity index (χ4v) is 4.97. The summed E-state index contributed by atoms with van der Waals surface area (Å²) in [6.07, 6.45) is -0.620. The van der Waals surface area contributed by atoms with Crippen molar-refractivity contribution in [2.45, 2.75) is 63.4 Å². The Labute approximate surface area is 215 Å². The Kier molecular flexibility index (Phi) is 7.71. The molecule has 2 aromatic carbocycles. The Morgan fingerprint density at radius 1 is 1.19 bits per heavy atom. The first-order chi connectivity index (χ1) is 17.6. The second kappa shape index (κ2) is 10.8. The number of amides is 2. The summed E-state index contributed by atoms with van der Waals surface area (Å²) in [6.45, 7) is 5.78. The molecule has 0 spiro atoms. The number of benzene rings is 2. The first-order valence-corrected chi connectivity index (χ1v) is 12.3. The Morgan fingerprint density at radius 2 is 1.89 bits per heavy atom. The van der Waals surface area contributed by atoms with Gasteiger partial charge in [0.1, 0.15) is 17.5 Å². The average molecular weight is 510 g/mol. The molecule has 2 aromatic rings. The van der Waals surface area contributed by atoms with Crippen LogP contribution in [0, 0.1) is 5.82 Å². The summed E-state index contributed by atoms with van der Waals surface area (Å²) in [5.74, 6) is -0.584. The molecule has 0 aromatic heterocycles. The summed E-state index contributed by atoms with van der Waals surface area (Å²) >= 11 is 0. The van der Waals surface area contributed by atoms with Crippen LogP contribution in [0.25, 0.3) is 10.4 Å². The molecule has 10 heteroatoms. The van der Waals surface area contributed by atoms with Gasteiger partial charge in [-0.25, -0.2) is 9.18 Å². The van der Waals surface area contributed by atoms with Crippen LogP contribution in [0.15, 0.2) is 53.6 Å². The number of carbonyl (C=O) groups excluding carboxylic acids is 2. The van der Waals surface area contributed by atoms with Crippen LogP contribution >= 0.6 is 0 Å². The highest BCUT2D eigenvalue weighted by Crippen LogP contribution is 2.37. The number of likely N-dealkylation sites (N-methyl/N-ethyl adjacent to an activating group) is 1. The molecule has 0 N–H and O–H groups in total. The fourth-order valence-electron chi connectivity index (χ4n) is 4.97. The molecule has 2 heterocycles. The molecule has 2 aliphatic heterocycles. The predicted octanol–water partition coefficient (Wildman–Crippen LogP) is 5.00. The molecule has 0 saturated carbocycles. The van der Waals surface area contributed by atoms with Gasteiger partial charge in [-0.05, 0) is 68.0 Å². The van der Waals surface area contributed by atoms with Crippen molar-refractivity contribution in [3.05, 3.63) is 81.5 Å². The Morgan fingerprint density at radius 3 is 2.57 bits per heavy atom. The number of hydrogen-bond donors (Lipinski definition) is 0. The van der Waals surface area contributed by atoms with Gasteiger partial charge >= 0.3 is 6.09 Å². The minimum absolute atomic E-state index is 0.0154. The topological polar surface area (TPSA) is 108 Å². The second-order valence-electron chi connectivity index (χ2n) is 10.4. The number of hydrogen-bond acceptors (Lipinski definition) is 5. The van der Waals surface area contributed by atoms with Gasteiger partial charge in [-0.3, -0.25) is 4.79 Å². The lowest BCUT2D eigenvalue weighted by Crippen LogP contribution is -2.56. The van der Waals surface area contributed by atoms with E-state index >= 15 is 0 Å². The van der Waals surface area contributed by atoms with Gasteiger partial charge in [-0.15, -0.1) is 0 Å². The van der Waals surface area contributed by atoms with Crippen LogP contribution in [0.5, 0.6) is 0 Å². The molecule has 4 rings (SSSR count). The first kappa shape index (κ1) is 26.4. The molecule has 0 bridgehead atoms. The van der Waals surface area contributed by atoms with Gasteiger partial charge < -0.3 is 19.3 Å². The van der Waals surface area contributed by atoms with Crippen LogP contribution in [0.4, 0.5) is 9.18 Å². The summed E-state index contributed by atoms with van der Waals surface area (Å²) in [4.78, 5) is 32.6. The summed E-state index contributed by atoms with van der Waals surface area (Å²) in [6, 6.07) is 12.4. The number of halogens is 1. The van der Waals surface area contributed by atoms with Crippen molar-refractivity contribution >= 4 is 12.0 Å². The van der Waals surface area contributed by atoms with Crippen molar-refractivity contribution in [2.75, 3.05) is 20.2 Å². The van der Waals surface area contributed by atoms with Gasteiger partial charge in [0.25, 0.3) is 5.91 Å². The van der Waals surface area contributed by atoms with E-state index in [1.165, 1.54) is 17.0 Å². The van der Waals surface area contributed by atoms with Gasteiger partial charge in [0.2, 0.25) is 0 Å². The molecule has 9 nitrogen and oxygen atoms in total. The SMILES string of the molecule is CN(C(=O)OC(C)(C)C)[C@H]1CO[C@@H](C(=O)N2CCc3ccccc3[C@@H]2c2ccc(F)cc2)C[C@@H]1N=[N+]=[N-]. The van der Waals surface area contributed by atoms with Gasteiger partial charge in [0.15, 0.2) is 0 Å². The maximum absolute atomic E-state index is 13.8. The molecule has 1 saturated heterocycles. The van der Waals surface area contributed by atoms with Gasteiger partial charge in [0, 0.05) is 18.5 Å². The molecular formula is C27H32FN5O4. The predicted molar refractivity (Wildman–Crippen MR) is 135 cm³/mol. The van der Waals surface area contributed by atoms with Crippen molar-refractivity contribution in [2.24, 2.45) is 5.11 Å². The third-order valence-corrected chi connectivity index (χ3v) is 6.77. The Hall–Kier alpha value is -3.62. The highest BCUT2D eigenvalue weighted by Gasteiger charge is 2.42. The lowest BCUT2D eigenvalue weighted by Gasteiger charge is -2.43.